The standard InChI is InChI=1S/C19H21N3O/c1-15-12-17(13-16-8-4-2-5-9-16)18(14-20)19(23)22(15)21-10-6-3-7-11-21/h2,4-5,8-9,12H,3,6-7,10-11,13H2,1H3. The molecule has 1 saturated heterocycles. The van der Waals surface area contributed by atoms with Crippen LogP contribution in [0.15, 0.2) is 41.2 Å². The Kier molecular flexibility index (Phi) is 4.47. The molecule has 0 N–H and O–H groups in total. The van der Waals surface area contributed by atoms with Crippen LogP contribution in [0.4, 0.5) is 0 Å². The second-order valence-corrected chi connectivity index (χ2v) is 6.09. The zero-order valence-electron chi connectivity index (χ0n) is 13.5. The van der Waals surface area contributed by atoms with Crippen LogP contribution < -0.4 is 10.6 Å². The van der Waals surface area contributed by atoms with Gasteiger partial charge >= 0.3 is 0 Å². The third-order valence-corrected chi connectivity index (χ3v) is 4.41. The molecular weight excluding hydrogens is 286 g/mol. The number of hydrogen-bond acceptors (Lipinski definition) is 3. The highest BCUT2D eigenvalue weighted by Crippen LogP contribution is 2.15. The third-order valence-electron chi connectivity index (χ3n) is 4.41. The van der Waals surface area contributed by atoms with E-state index in [-0.39, 0.29) is 11.1 Å². The molecule has 0 radical (unpaired) electrons. The van der Waals surface area contributed by atoms with Gasteiger partial charge in [-0.2, -0.15) is 5.26 Å². The molecule has 1 aromatic carbocycles. The highest BCUT2D eigenvalue weighted by atomic mass is 16.1. The van der Waals surface area contributed by atoms with Gasteiger partial charge in [0.1, 0.15) is 11.6 Å². The number of nitriles is 1. The number of piperidine rings is 1. The normalized spacial score (nSPS) is 14.5. The van der Waals surface area contributed by atoms with Gasteiger partial charge in [-0.3, -0.25) is 4.79 Å². The van der Waals surface area contributed by atoms with Gasteiger partial charge in [0.2, 0.25) is 0 Å². The largest absolute Gasteiger partial charge is 0.310 e. The number of benzene rings is 1. The molecule has 2 aromatic rings. The van der Waals surface area contributed by atoms with E-state index in [9.17, 15) is 10.1 Å². The summed E-state index contributed by atoms with van der Waals surface area (Å²) in [6.45, 7) is 3.71. The first-order valence-corrected chi connectivity index (χ1v) is 8.15. The van der Waals surface area contributed by atoms with E-state index in [1.807, 2.05) is 43.3 Å². The molecule has 3 rings (SSSR count). The Morgan fingerprint density at radius 2 is 1.83 bits per heavy atom. The average molecular weight is 307 g/mol. The summed E-state index contributed by atoms with van der Waals surface area (Å²) in [7, 11) is 0. The molecule has 4 nitrogen and oxygen atoms in total. The van der Waals surface area contributed by atoms with Crippen molar-refractivity contribution in [3.63, 3.8) is 0 Å². The molecule has 1 aliphatic rings. The Bertz CT molecular complexity index is 781. The minimum absolute atomic E-state index is 0.180. The second-order valence-electron chi connectivity index (χ2n) is 6.09. The number of rotatable bonds is 3. The number of nitrogens with zero attached hydrogens (tertiary/aromatic N) is 3. The van der Waals surface area contributed by atoms with Crippen molar-refractivity contribution in [2.75, 3.05) is 18.1 Å². The Morgan fingerprint density at radius 1 is 1.13 bits per heavy atom. The summed E-state index contributed by atoms with van der Waals surface area (Å²) in [5.74, 6) is 0. The predicted molar refractivity (Wildman–Crippen MR) is 91.2 cm³/mol. The van der Waals surface area contributed by atoms with Crippen LogP contribution >= 0.6 is 0 Å². The van der Waals surface area contributed by atoms with E-state index in [4.69, 9.17) is 0 Å². The minimum atomic E-state index is -0.180. The van der Waals surface area contributed by atoms with E-state index in [2.05, 4.69) is 11.1 Å². The van der Waals surface area contributed by atoms with Crippen LogP contribution in [-0.4, -0.2) is 17.8 Å². The van der Waals surface area contributed by atoms with Gasteiger partial charge in [0.15, 0.2) is 0 Å². The predicted octanol–water partition coefficient (Wildman–Crippen LogP) is 2.74. The van der Waals surface area contributed by atoms with Crippen molar-refractivity contribution >= 4 is 0 Å². The first-order valence-electron chi connectivity index (χ1n) is 8.15. The molecule has 1 fully saturated rings. The lowest BCUT2D eigenvalue weighted by atomic mass is 10.0. The Hall–Kier alpha value is -2.54. The molecule has 0 bridgehead atoms. The fraction of sp³-hybridized carbons (Fsp3) is 0.368. The molecule has 23 heavy (non-hydrogen) atoms. The summed E-state index contributed by atoms with van der Waals surface area (Å²) >= 11 is 0. The van der Waals surface area contributed by atoms with Crippen molar-refractivity contribution in [1.82, 2.24) is 4.68 Å². The van der Waals surface area contributed by atoms with Crippen molar-refractivity contribution in [3.8, 4) is 6.07 Å². The first-order chi connectivity index (χ1) is 11.2. The summed E-state index contributed by atoms with van der Waals surface area (Å²) in [6, 6.07) is 14.1. The summed E-state index contributed by atoms with van der Waals surface area (Å²) in [5.41, 5.74) is 2.92. The molecule has 0 aliphatic carbocycles. The van der Waals surface area contributed by atoms with Gasteiger partial charge in [-0.05, 0) is 49.8 Å². The van der Waals surface area contributed by atoms with Crippen LogP contribution in [0.25, 0.3) is 0 Å². The van der Waals surface area contributed by atoms with Crippen molar-refractivity contribution in [2.45, 2.75) is 32.6 Å². The zero-order chi connectivity index (χ0) is 16.2. The van der Waals surface area contributed by atoms with Gasteiger partial charge in [0.05, 0.1) is 0 Å². The molecule has 0 amide bonds. The van der Waals surface area contributed by atoms with Crippen LogP contribution in [0.2, 0.25) is 0 Å². The van der Waals surface area contributed by atoms with Crippen LogP contribution in [0.1, 0.15) is 41.6 Å². The average Bonchev–Trinajstić information content (AvgIpc) is 2.57. The molecule has 1 aliphatic heterocycles. The molecule has 118 valence electrons. The molecular formula is C19H21N3O. The van der Waals surface area contributed by atoms with Gasteiger partial charge in [-0.15, -0.1) is 0 Å². The van der Waals surface area contributed by atoms with Gasteiger partial charge < -0.3 is 5.01 Å². The lowest BCUT2D eigenvalue weighted by molar-refractivity contribution is 0.462. The SMILES string of the molecule is Cc1cc(Cc2ccccc2)c(C#N)c(=O)n1N1CCCCC1. The van der Waals surface area contributed by atoms with E-state index in [0.29, 0.717) is 6.42 Å². The molecule has 1 aromatic heterocycles. The topological polar surface area (TPSA) is 49.0 Å². The van der Waals surface area contributed by atoms with Crippen molar-refractivity contribution in [1.29, 1.82) is 5.26 Å². The Balaban J connectivity index is 2.03. The number of aryl methyl sites for hydroxylation is 1. The maximum Gasteiger partial charge on any atom is 0.287 e. The van der Waals surface area contributed by atoms with Crippen molar-refractivity contribution in [3.05, 3.63) is 69.1 Å². The number of aromatic nitrogens is 1. The monoisotopic (exact) mass is 307 g/mol. The van der Waals surface area contributed by atoms with E-state index in [1.54, 1.807) is 4.68 Å². The Labute approximate surface area is 136 Å². The number of pyridine rings is 1. The van der Waals surface area contributed by atoms with E-state index >= 15 is 0 Å². The van der Waals surface area contributed by atoms with Gasteiger partial charge in [-0.25, -0.2) is 4.68 Å². The lowest BCUT2D eigenvalue weighted by Gasteiger charge is -2.32. The fourth-order valence-corrected chi connectivity index (χ4v) is 3.29. The third kappa shape index (κ3) is 3.14. The molecule has 0 saturated carbocycles. The molecule has 0 spiro atoms. The summed E-state index contributed by atoms with van der Waals surface area (Å²) in [4.78, 5) is 12.8. The Morgan fingerprint density at radius 3 is 2.48 bits per heavy atom. The summed E-state index contributed by atoms with van der Waals surface area (Å²) in [5, 5.41) is 11.6. The van der Waals surface area contributed by atoms with E-state index in [1.165, 1.54) is 6.42 Å². The van der Waals surface area contributed by atoms with Crippen LogP contribution in [0.3, 0.4) is 0 Å². The summed E-state index contributed by atoms with van der Waals surface area (Å²) < 4.78 is 1.70. The molecule has 2 heterocycles. The lowest BCUT2D eigenvalue weighted by Crippen LogP contribution is -2.47. The second kappa shape index (κ2) is 6.70. The molecule has 4 heteroatoms. The van der Waals surface area contributed by atoms with E-state index in [0.717, 1.165) is 42.8 Å². The highest BCUT2D eigenvalue weighted by molar-refractivity contribution is 5.41. The maximum atomic E-state index is 12.8. The van der Waals surface area contributed by atoms with Gasteiger partial charge in [0.25, 0.3) is 5.56 Å². The van der Waals surface area contributed by atoms with Crippen molar-refractivity contribution in [2.24, 2.45) is 0 Å². The van der Waals surface area contributed by atoms with Gasteiger partial charge in [0, 0.05) is 18.8 Å². The number of hydrogen-bond donors (Lipinski definition) is 0. The van der Waals surface area contributed by atoms with E-state index < -0.39 is 0 Å². The first kappa shape index (κ1) is 15.4. The highest BCUT2D eigenvalue weighted by Gasteiger charge is 2.18. The maximum absolute atomic E-state index is 12.8. The van der Waals surface area contributed by atoms with Crippen LogP contribution in [-0.2, 0) is 6.42 Å². The van der Waals surface area contributed by atoms with Crippen LogP contribution in [0.5, 0.6) is 0 Å². The quantitative estimate of drug-likeness (QED) is 0.876. The molecule has 0 unspecified atom stereocenters. The van der Waals surface area contributed by atoms with Crippen molar-refractivity contribution < 1.29 is 0 Å². The molecule has 0 atom stereocenters. The smallest absolute Gasteiger partial charge is 0.287 e. The van der Waals surface area contributed by atoms with Crippen LogP contribution in [0, 0.1) is 18.3 Å². The van der Waals surface area contributed by atoms with Gasteiger partial charge in [-0.1, -0.05) is 30.3 Å². The zero-order valence-corrected chi connectivity index (χ0v) is 13.5. The fourth-order valence-electron chi connectivity index (χ4n) is 3.29. The minimum Gasteiger partial charge on any atom is -0.310 e. The summed E-state index contributed by atoms with van der Waals surface area (Å²) in [6.07, 6.45) is 4.02.